The summed E-state index contributed by atoms with van der Waals surface area (Å²) in [7, 11) is 1.67. The molecular formula is C11H9N5O. The van der Waals surface area contributed by atoms with E-state index in [0.29, 0.717) is 11.3 Å². The van der Waals surface area contributed by atoms with Gasteiger partial charge in [0.1, 0.15) is 6.07 Å². The van der Waals surface area contributed by atoms with Gasteiger partial charge in [-0.25, -0.2) is 0 Å². The number of aryl methyl sites for hydroxylation is 1. The minimum Gasteiger partial charge on any atom is -0.319 e. The molecule has 0 spiro atoms. The first kappa shape index (κ1) is 10.8. The molecule has 0 fully saturated rings. The molecule has 1 aromatic heterocycles. The van der Waals surface area contributed by atoms with Gasteiger partial charge >= 0.3 is 0 Å². The van der Waals surface area contributed by atoms with Gasteiger partial charge in [0.05, 0.1) is 17.4 Å². The summed E-state index contributed by atoms with van der Waals surface area (Å²) in [6.45, 7) is 0. The summed E-state index contributed by atoms with van der Waals surface area (Å²) in [5.74, 6) is -0.388. The van der Waals surface area contributed by atoms with E-state index in [1.54, 1.807) is 31.3 Å². The van der Waals surface area contributed by atoms with E-state index in [9.17, 15) is 4.79 Å². The second-order valence-electron chi connectivity index (χ2n) is 3.39. The van der Waals surface area contributed by atoms with E-state index >= 15 is 0 Å². The van der Waals surface area contributed by atoms with Gasteiger partial charge in [0.25, 0.3) is 5.91 Å². The number of aromatic nitrogens is 3. The number of nitrogens with one attached hydrogen (secondary N) is 1. The third-order valence-electron chi connectivity index (χ3n) is 2.13. The van der Waals surface area contributed by atoms with Gasteiger partial charge in [-0.05, 0) is 12.1 Å². The third-order valence-corrected chi connectivity index (χ3v) is 2.13. The van der Waals surface area contributed by atoms with Crippen LogP contribution in [0.5, 0.6) is 0 Å². The summed E-state index contributed by atoms with van der Waals surface area (Å²) in [5, 5.41) is 18.8. The van der Waals surface area contributed by atoms with Crippen LogP contribution in [0, 0.1) is 11.3 Å². The summed E-state index contributed by atoms with van der Waals surface area (Å²) in [6, 6.07) is 8.77. The van der Waals surface area contributed by atoms with E-state index in [-0.39, 0.29) is 11.6 Å². The van der Waals surface area contributed by atoms with Crippen molar-refractivity contribution in [3.63, 3.8) is 0 Å². The first-order valence-electron chi connectivity index (χ1n) is 4.87. The topological polar surface area (TPSA) is 83.6 Å². The van der Waals surface area contributed by atoms with Crippen molar-refractivity contribution >= 4 is 11.6 Å². The molecule has 2 aromatic rings. The van der Waals surface area contributed by atoms with Gasteiger partial charge in [0.15, 0.2) is 5.69 Å². The van der Waals surface area contributed by atoms with Crippen molar-refractivity contribution in [3.8, 4) is 6.07 Å². The van der Waals surface area contributed by atoms with Crippen LogP contribution in [0.3, 0.4) is 0 Å². The van der Waals surface area contributed by atoms with Crippen molar-refractivity contribution in [2.75, 3.05) is 5.32 Å². The Bertz CT molecular complexity index is 596. The van der Waals surface area contributed by atoms with Gasteiger partial charge in [-0.2, -0.15) is 5.26 Å². The molecule has 6 heteroatoms. The fourth-order valence-corrected chi connectivity index (χ4v) is 1.33. The average Bonchev–Trinajstić information content (AvgIpc) is 2.77. The maximum absolute atomic E-state index is 11.8. The quantitative estimate of drug-likeness (QED) is 0.827. The van der Waals surface area contributed by atoms with Crippen LogP contribution in [-0.4, -0.2) is 20.9 Å². The molecule has 0 bridgehead atoms. The highest BCUT2D eigenvalue weighted by Crippen LogP contribution is 2.14. The van der Waals surface area contributed by atoms with E-state index in [1.807, 2.05) is 6.07 Å². The SMILES string of the molecule is Cn1cc(C(=O)Nc2ccccc2C#N)nn1. The van der Waals surface area contributed by atoms with Gasteiger partial charge in [-0.1, -0.05) is 17.3 Å². The fraction of sp³-hybridized carbons (Fsp3) is 0.0909. The highest BCUT2D eigenvalue weighted by Gasteiger charge is 2.11. The number of para-hydroxylation sites is 1. The smallest absolute Gasteiger partial charge is 0.277 e. The highest BCUT2D eigenvalue weighted by atomic mass is 16.2. The monoisotopic (exact) mass is 227 g/mol. The van der Waals surface area contributed by atoms with Crippen molar-refractivity contribution in [1.82, 2.24) is 15.0 Å². The van der Waals surface area contributed by atoms with Gasteiger partial charge in [-0.15, -0.1) is 5.10 Å². The molecule has 0 atom stereocenters. The van der Waals surface area contributed by atoms with Crippen LogP contribution in [-0.2, 0) is 7.05 Å². The Labute approximate surface area is 97.5 Å². The molecule has 6 nitrogen and oxygen atoms in total. The van der Waals surface area contributed by atoms with Crippen molar-refractivity contribution in [2.45, 2.75) is 0 Å². The van der Waals surface area contributed by atoms with E-state index < -0.39 is 0 Å². The van der Waals surface area contributed by atoms with Crippen LogP contribution in [0.15, 0.2) is 30.5 Å². The molecule has 0 saturated carbocycles. The molecule has 1 aromatic carbocycles. The van der Waals surface area contributed by atoms with Crippen LogP contribution >= 0.6 is 0 Å². The molecule has 0 aliphatic rings. The lowest BCUT2D eigenvalue weighted by molar-refractivity contribution is 0.102. The van der Waals surface area contributed by atoms with Crippen molar-refractivity contribution < 1.29 is 4.79 Å². The minimum absolute atomic E-state index is 0.209. The largest absolute Gasteiger partial charge is 0.319 e. The molecule has 1 amide bonds. The summed E-state index contributed by atoms with van der Waals surface area (Å²) in [6.07, 6.45) is 1.50. The molecule has 84 valence electrons. The zero-order chi connectivity index (χ0) is 12.3. The van der Waals surface area contributed by atoms with Gasteiger partial charge < -0.3 is 5.32 Å². The van der Waals surface area contributed by atoms with E-state index in [0.717, 1.165) is 0 Å². The van der Waals surface area contributed by atoms with Crippen molar-refractivity contribution in [2.24, 2.45) is 7.05 Å². The second kappa shape index (κ2) is 4.45. The van der Waals surface area contributed by atoms with Crippen LogP contribution < -0.4 is 5.32 Å². The maximum Gasteiger partial charge on any atom is 0.277 e. The Morgan fingerprint density at radius 3 is 2.88 bits per heavy atom. The molecule has 1 N–H and O–H groups in total. The molecule has 0 unspecified atom stereocenters. The molecule has 2 rings (SSSR count). The first-order chi connectivity index (χ1) is 8.20. The van der Waals surface area contributed by atoms with Crippen molar-refractivity contribution in [1.29, 1.82) is 5.26 Å². The lowest BCUT2D eigenvalue weighted by Gasteiger charge is -2.03. The van der Waals surface area contributed by atoms with Crippen LogP contribution in [0.4, 0.5) is 5.69 Å². The van der Waals surface area contributed by atoms with Crippen LogP contribution in [0.25, 0.3) is 0 Å². The maximum atomic E-state index is 11.8. The highest BCUT2D eigenvalue weighted by molar-refractivity contribution is 6.03. The Morgan fingerprint density at radius 1 is 1.47 bits per heavy atom. The van der Waals surface area contributed by atoms with Gasteiger partial charge in [-0.3, -0.25) is 9.48 Å². The third kappa shape index (κ3) is 2.29. The Morgan fingerprint density at radius 2 is 2.24 bits per heavy atom. The number of amides is 1. The lowest BCUT2D eigenvalue weighted by Crippen LogP contribution is -2.13. The first-order valence-corrected chi connectivity index (χ1v) is 4.87. The Kier molecular flexibility index (Phi) is 2.83. The molecule has 0 radical (unpaired) electrons. The molecule has 17 heavy (non-hydrogen) atoms. The predicted molar refractivity (Wildman–Crippen MR) is 60.1 cm³/mol. The Hall–Kier alpha value is -2.68. The number of hydrogen-bond donors (Lipinski definition) is 1. The molecule has 0 aliphatic heterocycles. The predicted octanol–water partition coefficient (Wildman–Crippen LogP) is 0.939. The lowest BCUT2D eigenvalue weighted by atomic mass is 10.2. The molecule has 1 heterocycles. The van der Waals surface area contributed by atoms with E-state index in [4.69, 9.17) is 5.26 Å². The number of rotatable bonds is 2. The van der Waals surface area contributed by atoms with Crippen LogP contribution in [0.2, 0.25) is 0 Å². The molecule has 0 aliphatic carbocycles. The molecule has 0 saturated heterocycles. The number of hydrogen-bond acceptors (Lipinski definition) is 4. The van der Waals surface area contributed by atoms with Crippen molar-refractivity contribution in [3.05, 3.63) is 41.7 Å². The van der Waals surface area contributed by atoms with E-state index in [1.165, 1.54) is 10.9 Å². The summed E-state index contributed by atoms with van der Waals surface area (Å²) in [5.41, 5.74) is 1.08. The summed E-state index contributed by atoms with van der Waals surface area (Å²) >= 11 is 0. The zero-order valence-corrected chi connectivity index (χ0v) is 9.08. The Balaban J connectivity index is 2.22. The number of benzene rings is 1. The van der Waals surface area contributed by atoms with Gasteiger partial charge in [0, 0.05) is 7.05 Å². The minimum atomic E-state index is -0.388. The number of carbonyl (C=O) groups is 1. The standard InChI is InChI=1S/C11H9N5O/c1-16-7-10(14-15-16)11(17)13-9-5-3-2-4-8(9)6-12/h2-5,7H,1H3,(H,13,17). The summed E-state index contributed by atoms with van der Waals surface area (Å²) in [4.78, 5) is 11.8. The van der Waals surface area contributed by atoms with E-state index in [2.05, 4.69) is 15.6 Å². The number of nitriles is 1. The number of anilines is 1. The fourth-order valence-electron chi connectivity index (χ4n) is 1.33. The summed E-state index contributed by atoms with van der Waals surface area (Å²) < 4.78 is 1.44. The normalized spacial score (nSPS) is 9.65. The molecular weight excluding hydrogens is 218 g/mol. The van der Waals surface area contributed by atoms with Crippen LogP contribution in [0.1, 0.15) is 16.1 Å². The number of carbonyl (C=O) groups excluding carboxylic acids is 1. The van der Waals surface area contributed by atoms with Gasteiger partial charge in [0.2, 0.25) is 0 Å². The zero-order valence-electron chi connectivity index (χ0n) is 9.08. The average molecular weight is 227 g/mol. The second-order valence-corrected chi connectivity index (χ2v) is 3.39. The number of nitrogens with zero attached hydrogens (tertiary/aromatic N) is 4.